The lowest BCUT2D eigenvalue weighted by molar-refractivity contribution is 0.129. The highest BCUT2D eigenvalue weighted by Gasteiger charge is 2.18. The van der Waals surface area contributed by atoms with Crippen LogP contribution in [0, 0.1) is 0 Å². The Labute approximate surface area is 182 Å². The molecule has 4 nitrogen and oxygen atoms in total. The van der Waals surface area contributed by atoms with Crippen LogP contribution in [0.4, 0.5) is 5.69 Å². The third-order valence-electron chi connectivity index (χ3n) is 5.44. The molecule has 0 unspecified atom stereocenters. The molecule has 1 aromatic heterocycles. The molecule has 0 amide bonds. The molecule has 29 heavy (non-hydrogen) atoms. The number of carbonyl (C=O) groups excluding carboxylic acids is 1. The molecule has 2 N–H and O–H groups in total. The lowest BCUT2D eigenvalue weighted by atomic mass is 10.0. The van der Waals surface area contributed by atoms with Crippen molar-refractivity contribution in [1.29, 1.82) is 0 Å². The highest BCUT2D eigenvalue weighted by molar-refractivity contribution is 7.17. The van der Waals surface area contributed by atoms with Crippen molar-refractivity contribution in [3.05, 3.63) is 65.0 Å². The van der Waals surface area contributed by atoms with Crippen molar-refractivity contribution in [2.45, 2.75) is 13.0 Å². The third-order valence-corrected chi connectivity index (χ3v) is 6.39. The van der Waals surface area contributed by atoms with E-state index in [4.69, 9.17) is 5.73 Å². The van der Waals surface area contributed by atoms with Gasteiger partial charge in [0.25, 0.3) is 0 Å². The fraction of sp³-hybridized carbons (Fsp3) is 0.304. The first-order valence-corrected chi connectivity index (χ1v) is 10.6. The lowest BCUT2D eigenvalue weighted by Gasteiger charge is -2.34. The summed E-state index contributed by atoms with van der Waals surface area (Å²) in [4.78, 5) is 16.6. The Morgan fingerprint density at radius 1 is 1.03 bits per heavy atom. The lowest BCUT2D eigenvalue weighted by Crippen LogP contribution is -2.46. The van der Waals surface area contributed by atoms with Crippen LogP contribution in [0.1, 0.15) is 17.5 Å². The average molecular weight is 428 g/mol. The molecule has 1 saturated heterocycles. The van der Waals surface area contributed by atoms with Crippen molar-refractivity contribution >= 4 is 51.0 Å². The molecule has 152 valence electrons. The van der Waals surface area contributed by atoms with Crippen molar-refractivity contribution in [2.75, 3.05) is 38.5 Å². The normalized spacial score (nSPS) is 15.0. The summed E-state index contributed by atoms with van der Waals surface area (Å²) < 4.78 is 1.12. The van der Waals surface area contributed by atoms with E-state index in [1.807, 2.05) is 18.2 Å². The number of piperazine rings is 1. The predicted molar refractivity (Wildman–Crippen MR) is 125 cm³/mol. The minimum atomic E-state index is 0. The van der Waals surface area contributed by atoms with E-state index in [0.29, 0.717) is 0 Å². The maximum atomic E-state index is 11.6. The topological polar surface area (TPSA) is 49.6 Å². The minimum absolute atomic E-state index is 0. The summed E-state index contributed by atoms with van der Waals surface area (Å²) >= 11 is 1.63. The van der Waals surface area contributed by atoms with E-state index in [1.54, 1.807) is 11.3 Å². The minimum Gasteiger partial charge on any atom is -0.399 e. The Bertz CT molecular complexity index is 990. The van der Waals surface area contributed by atoms with Crippen molar-refractivity contribution in [3.8, 4) is 0 Å². The van der Waals surface area contributed by atoms with Crippen LogP contribution in [0.25, 0.3) is 15.7 Å². The first-order chi connectivity index (χ1) is 13.7. The molecule has 3 aromatic rings. The number of rotatable bonds is 6. The third kappa shape index (κ3) is 5.27. The Kier molecular flexibility index (Phi) is 7.48. The van der Waals surface area contributed by atoms with Crippen LogP contribution in [-0.2, 0) is 11.3 Å². The number of benzene rings is 2. The number of hydrogen-bond acceptors (Lipinski definition) is 5. The van der Waals surface area contributed by atoms with Crippen LogP contribution >= 0.6 is 23.7 Å². The van der Waals surface area contributed by atoms with Gasteiger partial charge in [-0.05, 0) is 24.1 Å². The van der Waals surface area contributed by atoms with Gasteiger partial charge in [0, 0.05) is 71.6 Å². The fourth-order valence-corrected chi connectivity index (χ4v) is 4.82. The van der Waals surface area contributed by atoms with E-state index in [9.17, 15) is 4.79 Å². The van der Waals surface area contributed by atoms with Gasteiger partial charge in [0.05, 0.1) is 0 Å². The van der Waals surface area contributed by atoms with Crippen LogP contribution in [0.3, 0.4) is 0 Å². The molecule has 0 spiro atoms. The van der Waals surface area contributed by atoms with Gasteiger partial charge >= 0.3 is 0 Å². The van der Waals surface area contributed by atoms with Crippen molar-refractivity contribution in [3.63, 3.8) is 0 Å². The molecule has 1 aliphatic heterocycles. The average Bonchev–Trinajstić information content (AvgIpc) is 3.13. The Morgan fingerprint density at radius 2 is 1.76 bits per heavy atom. The monoisotopic (exact) mass is 427 g/mol. The second kappa shape index (κ2) is 10.1. The number of nitrogens with two attached hydrogens (primary N) is 1. The van der Waals surface area contributed by atoms with E-state index >= 15 is 0 Å². The zero-order chi connectivity index (χ0) is 19.3. The van der Waals surface area contributed by atoms with Gasteiger partial charge in [-0.1, -0.05) is 36.4 Å². The van der Waals surface area contributed by atoms with Gasteiger partial charge in [-0.3, -0.25) is 4.90 Å². The summed E-state index contributed by atoms with van der Waals surface area (Å²) in [6.07, 6.45) is 0.735. The van der Waals surface area contributed by atoms with E-state index in [0.717, 1.165) is 72.6 Å². The summed E-state index contributed by atoms with van der Waals surface area (Å²) in [7, 11) is 0. The summed E-state index contributed by atoms with van der Waals surface area (Å²) in [5, 5.41) is 3.16. The van der Waals surface area contributed by atoms with Crippen molar-refractivity contribution in [1.82, 2.24) is 9.80 Å². The second-order valence-corrected chi connectivity index (χ2v) is 8.25. The van der Waals surface area contributed by atoms with Crippen LogP contribution in [-0.4, -0.2) is 48.5 Å². The maximum absolute atomic E-state index is 11.6. The molecule has 0 saturated carbocycles. The number of thiophene rings is 1. The largest absolute Gasteiger partial charge is 0.399 e. The van der Waals surface area contributed by atoms with Crippen molar-refractivity contribution < 1.29 is 4.79 Å². The highest BCUT2D eigenvalue weighted by Crippen LogP contribution is 2.32. The molecule has 2 aromatic carbocycles. The zero-order valence-electron chi connectivity index (χ0n) is 16.3. The maximum Gasteiger partial charge on any atom is 0.128 e. The first kappa shape index (κ1) is 21.6. The standard InChI is InChI=1S/C23H25N3OS.ClH/c24-20-6-7-21-22(17-28-23(21)14-20)19(16-27)8-9-25-10-12-26(13-11-25)15-18-4-2-1-3-5-18;/h1-7,14,17H,8-13,15,24H2;1H. The molecule has 0 bridgehead atoms. The summed E-state index contributed by atoms with van der Waals surface area (Å²) in [6.45, 7) is 6.12. The molecule has 4 rings (SSSR count). The van der Waals surface area contributed by atoms with Gasteiger partial charge in [0.15, 0.2) is 0 Å². The number of hydrogen-bond donors (Lipinski definition) is 1. The van der Waals surface area contributed by atoms with E-state index in [-0.39, 0.29) is 12.4 Å². The molecule has 1 fully saturated rings. The Hall–Kier alpha value is -2.14. The van der Waals surface area contributed by atoms with Crippen LogP contribution in [0.15, 0.2) is 53.9 Å². The second-order valence-electron chi connectivity index (χ2n) is 7.34. The van der Waals surface area contributed by atoms with E-state index < -0.39 is 0 Å². The molecular weight excluding hydrogens is 402 g/mol. The fourth-order valence-electron chi connectivity index (χ4n) is 3.80. The number of nitrogens with zero attached hydrogens (tertiary/aromatic N) is 2. The van der Waals surface area contributed by atoms with E-state index in [1.165, 1.54) is 5.56 Å². The number of halogens is 1. The molecular formula is C23H26ClN3OS. The van der Waals surface area contributed by atoms with Gasteiger partial charge in [-0.2, -0.15) is 0 Å². The number of nitrogen functional groups attached to an aromatic ring is 1. The smallest absolute Gasteiger partial charge is 0.128 e. The summed E-state index contributed by atoms with van der Waals surface area (Å²) in [5.74, 6) is 2.20. The zero-order valence-corrected chi connectivity index (χ0v) is 18.0. The van der Waals surface area contributed by atoms with Gasteiger partial charge in [-0.15, -0.1) is 23.7 Å². The predicted octanol–water partition coefficient (Wildman–Crippen LogP) is 4.33. The van der Waals surface area contributed by atoms with Crippen molar-refractivity contribution in [2.24, 2.45) is 0 Å². The summed E-state index contributed by atoms with van der Waals surface area (Å²) in [6, 6.07) is 16.5. The Balaban J connectivity index is 0.00000240. The van der Waals surface area contributed by atoms with Crippen LogP contribution in [0.2, 0.25) is 0 Å². The van der Waals surface area contributed by atoms with Crippen LogP contribution < -0.4 is 5.73 Å². The molecule has 0 aliphatic carbocycles. The molecule has 6 heteroatoms. The molecule has 1 aliphatic rings. The molecule has 2 heterocycles. The van der Waals surface area contributed by atoms with Gasteiger partial charge in [0.1, 0.15) is 5.94 Å². The van der Waals surface area contributed by atoms with Gasteiger partial charge in [0.2, 0.25) is 0 Å². The molecule has 0 atom stereocenters. The van der Waals surface area contributed by atoms with Gasteiger partial charge in [-0.25, -0.2) is 4.79 Å². The Morgan fingerprint density at radius 3 is 2.48 bits per heavy atom. The first-order valence-electron chi connectivity index (χ1n) is 9.72. The van der Waals surface area contributed by atoms with Gasteiger partial charge < -0.3 is 10.6 Å². The van der Waals surface area contributed by atoms with E-state index in [2.05, 4.69) is 51.5 Å². The number of fused-ring (bicyclic) bond motifs is 1. The highest BCUT2D eigenvalue weighted by atomic mass is 35.5. The van der Waals surface area contributed by atoms with Crippen LogP contribution in [0.5, 0.6) is 0 Å². The summed E-state index contributed by atoms with van der Waals surface area (Å²) in [5.41, 5.74) is 9.77. The molecule has 0 radical (unpaired) electrons. The number of anilines is 1. The quantitative estimate of drug-likeness (QED) is 0.470. The SMILES string of the molecule is Cl.Nc1ccc2c(C(=C=O)CCN3CCN(Cc4ccccc4)CC3)csc2c1.